The molecule has 0 fully saturated rings. The van der Waals surface area contributed by atoms with Crippen LogP contribution in [0.5, 0.6) is 5.75 Å². The van der Waals surface area contributed by atoms with Gasteiger partial charge in [-0.1, -0.05) is 60.2 Å². The topological polar surface area (TPSA) is 75.7 Å². The fraction of sp³-hybridized carbons (Fsp3) is 0.107. The van der Waals surface area contributed by atoms with Gasteiger partial charge in [-0.3, -0.25) is 9.10 Å². The van der Waals surface area contributed by atoms with Crippen LogP contribution in [0.1, 0.15) is 11.1 Å². The number of hydrogen-bond acceptors (Lipinski definition) is 4. The Morgan fingerprint density at radius 1 is 0.861 bits per heavy atom. The molecule has 0 saturated heterocycles. The molecule has 0 unspecified atom stereocenters. The number of sulfonamides is 1. The summed E-state index contributed by atoms with van der Waals surface area (Å²) in [5.41, 5.74) is 2.31. The molecule has 0 aliphatic carbocycles. The van der Waals surface area contributed by atoms with E-state index in [1.807, 2.05) is 37.3 Å². The van der Waals surface area contributed by atoms with Crippen molar-refractivity contribution in [3.63, 3.8) is 0 Å². The second-order valence-corrected chi connectivity index (χ2v) is 9.98. The van der Waals surface area contributed by atoms with Gasteiger partial charge < -0.3 is 10.1 Å². The molecule has 0 aliphatic heterocycles. The highest BCUT2D eigenvalue weighted by molar-refractivity contribution is 7.92. The summed E-state index contributed by atoms with van der Waals surface area (Å²) in [6.07, 6.45) is 0. The first-order chi connectivity index (χ1) is 17.3. The third-order valence-electron chi connectivity index (χ3n) is 5.42. The molecule has 1 N–H and O–H groups in total. The van der Waals surface area contributed by atoms with E-state index in [0.717, 1.165) is 11.1 Å². The minimum Gasteiger partial charge on any atom is -0.484 e. The van der Waals surface area contributed by atoms with E-state index in [1.165, 1.54) is 22.5 Å². The quantitative estimate of drug-likeness (QED) is 0.324. The Balaban J connectivity index is 1.52. The first-order valence-corrected chi connectivity index (χ1v) is 12.7. The fourth-order valence-electron chi connectivity index (χ4n) is 3.51. The highest BCUT2D eigenvalue weighted by atomic mass is 32.2. The average molecular weight is 505 g/mol. The Bertz CT molecular complexity index is 1420. The van der Waals surface area contributed by atoms with Crippen LogP contribution in [-0.4, -0.2) is 20.9 Å². The summed E-state index contributed by atoms with van der Waals surface area (Å²) >= 11 is 0. The number of nitrogens with one attached hydrogen (secondary N) is 1. The summed E-state index contributed by atoms with van der Waals surface area (Å²) < 4.78 is 47.7. The number of amides is 1. The van der Waals surface area contributed by atoms with Gasteiger partial charge in [0.1, 0.15) is 11.6 Å². The van der Waals surface area contributed by atoms with Crippen LogP contribution in [0.2, 0.25) is 0 Å². The summed E-state index contributed by atoms with van der Waals surface area (Å²) in [4.78, 5) is 12.3. The highest BCUT2D eigenvalue weighted by Crippen LogP contribution is 2.28. The SMILES string of the molecule is Cc1ccc(S(=O)(=O)N(Cc2ccccc2)c2ccc(OCC(=O)Nc3ccccc3F)cc2)cc1. The van der Waals surface area contributed by atoms with Gasteiger partial charge in [-0.25, -0.2) is 12.8 Å². The van der Waals surface area contributed by atoms with Crippen molar-refractivity contribution in [1.29, 1.82) is 0 Å². The zero-order valence-corrected chi connectivity index (χ0v) is 20.4. The van der Waals surface area contributed by atoms with E-state index in [2.05, 4.69) is 5.32 Å². The van der Waals surface area contributed by atoms with Gasteiger partial charge in [0.25, 0.3) is 15.9 Å². The normalized spacial score (nSPS) is 11.1. The van der Waals surface area contributed by atoms with Crippen LogP contribution in [0.15, 0.2) is 108 Å². The van der Waals surface area contributed by atoms with Crippen molar-refractivity contribution in [3.05, 3.63) is 120 Å². The van der Waals surface area contributed by atoms with E-state index in [-0.39, 0.29) is 23.7 Å². The third kappa shape index (κ3) is 6.09. The predicted molar refractivity (Wildman–Crippen MR) is 138 cm³/mol. The predicted octanol–water partition coefficient (Wildman–Crippen LogP) is 5.55. The summed E-state index contributed by atoms with van der Waals surface area (Å²) in [6.45, 7) is 1.71. The molecule has 6 nitrogen and oxygen atoms in total. The summed E-state index contributed by atoms with van der Waals surface area (Å²) in [7, 11) is -3.85. The summed E-state index contributed by atoms with van der Waals surface area (Å²) in [5.74, 6) is -0.685. The molecule has 0 aromatic heterocycles. The number of benzene rings is 4. The molecule has 36 heavy (non-hydrogen) atoms. The van der Waals surface area contributed by atoms with Crippen LogP contribution in [0.4, 0.5) is 15.8 Å². The van der Waals surface area contributed by atoms with Crippen LogP contribution < -0.4 is 14.4 Å². The molecule has 8 heteroatoms. The van der Waals surface area contributed by atoms with Gasteiger partial charge in [-0.15, -0.1) is 0 Å². The van der Waals surface area contributed by atoms with Crippen molar-refractivity contribution in [1.82, 2.24) is 0 Å². The molecule has 0 spiro atoms. The molecule has 4 rings (SSSR count). The van der Waals surface area contributed by atoms with Crippen molar-refractivity contribution in [2.45, 2.75) is 18.4 Å². The molecule has 4 aromatic rings. The van der Waals surface area contributed by atoms with Gasteiger partial charge >= 0.3 is 0 Å². The van der Waals surface area contributed by atoms with Crippen molar-refractivity contribution < 1.29 is 22.3 Å². The molecule has 184 valence electrons. The largest absolute Gasteiger partial charge is 0.484 e. The van der Waals surface area contributed by atoms with Crippen LogP contribution in [0, 0.1) is 12.7 Å². The Kier molecular flexibility index (Phi) is 7.65. The number of nitrogens with zero attached hydrogens (tertiary/aromatic N) is 1. The molecular formula is C28H25FN2O4S. The molecule has 0 radical (unpaired) electrons. The standard InChI is InChI=1S/C28H25FN2O4S/c1-21-11-17-25(18-12-21)36(33,34)31(19-22-7-3-2-4-8-22)23-13-15-24(16-14-23)35-20-28(32)30-27-10-6-5-9-26(27)29/h2-18H,19-20H2,1H3,(H,30,32). The lowest BCUT2D eigenvalue weighted by Crippen LogP contribution is -2.30. The van der Waals surface area contributed by atoms with Crippen molar-refractivity contribution in [2.24, 2.45) is 0 Å². The van der Waals surface area contributed by atoms with E-state index in [1.54, 1.807) is 54.6 Å². The number of carbonyl (C=O) groups is 1. The Labute approximate surface area is 210 Å². The van der Waals surface area contributed by atoms with Gasteiger partial charge in [0.15, 0.2) is 6.61 Å². The maximum Gasteiger partial charge on any atom is 0.264 e. The molecule has 0 heterocycles. The minimum absolute atomic E-state index is 0.0688. The van der Waals surface area contributed by atoms with Crippen LogP contribution in [0.25, 0.3) is 0 Å². The van der Waals surface area contributed by atoms with Crippen LogP contribution in [0.3, 0.4) is 0 Å². The number of ether oxygens (including phenoxy) is 1. The highest BCUT2D eigenvalue weighted by Gasteiger charge is 2.25. The van der Waals surface area contributed by atoms with E-state index >= 15 is 0 Å². The van der Waals surface area contributed by atoms with Crippen LogP contribution in [-0.2, 0) is 21.4 Å². The molecule has 4 aromatic carbocycles. The maximum atomic E-state index is 13.7. The van der Waals surface area contributed by atoms with Gasteiger partial charge in [-0.05, 0) is 61.0 Å². The second-order valence-electron chi connectivity index (χ2n) is 8.12. The van der Waals surface area contributed by atoms with Gasteiger partial charge in [-0.2, -0.15) is 0 Å². The lowest BCUT2D eigenvalue weighted by Gasteiger charge is -2.25. The second kappa shape index (κ2) is 11.0. The molecule has 0 bridgehead atoms. The van der Waals surface area contributed by atoms with Crippen LogP contribution >= 0.6 is 0 Å². The number of carbonyl (C=O) groups excluding carboxylic acids is 1. The van der Waals surface area contributed by atoms with Crippen molar-refractivity contribution in [3.8, 4) is 5.75 Å². The molecular weight excluding hydrogens is 479 g/mol. The lowest BCUT2D eigenvalue weighted by molar-refractivity contribution is -0.118. The maximum absolute atomic E-state index is 13.7. The Morgan fingerprint density at radius 3 is 2.17 bits per heavy atom. The first-order valence-electron chi connectivity index (χ1n) is 11.2. The van der Waals surface area contributed by atoms with E-state index < -0.39 is 21.7 Å². The van der Waals surface area contributed by atoms with Gasteiger partial charge in [0.05, 0.1) is 22.8 Å². The molecule has 0 saturated carbocycles. The average Bonchev–Trinajstić information content (AvgIpc) is 2.89. The van der Waals surface area contributed by atoms with E-state index in [4.69, 9.17) is 4.74 Å². The zero-order chi connectivity index (χ0) is 25.5. The Morgan fingerprint density at radius 2 is 1.50 bits per heavy atom. The smallest absolute Gasteiger partial charge is 0.264 e. The van der Waals surface area contributed by atoms with E-state index in [9.17, 15) is 17.6 Å². The summed E-state index contributed by atoms with van der Waals surface area (Å²) in [5, 5.41) is 2.45. The number of aryl methyl sites for hydroxylation is 1. The Hall–Kier alpha value is -4.17. The molecule has 1 amide bonds. The monoisotopic (exact) mass is 504 g/mol. The number of rotatable bonds is 9. The number of anilines is 2. The van der Waals surface area contributed by atoms with Gasteiger partial charge in [0, 0.05) is 0 Å². The number of para-hydroxylation sites is 1. The first kappa shape index (κ1) is 24.9. The number of halogens is 1. The minimum atomic E-state index is -3.85. The fourth-order valence-corrected chi connectivity index (χ4v) is 4.96. The lowest BCUT2D eigenvalue weighted by atomic mass is 10.2. The van der Waals surface area contributed by atoms with Crippen molar-refractivity contribution >= 4 is 27.3 Å². The number of hydrogen-bond donors (Lipinski definition) is 1. The molecule has 0 atom stereocenters. The van der Waals surface area contributed by atoms with E-state index in [0.29, 0.717) is 11.4 Å². The van der Waals surface area contributed by atoms with Crippen molar-refractivity contribution in [2.75, 3.05) is 16.2 Å². The molecule has 0 aliphatic rings. The zero-order valence-electron chi connectivity index (χ0n) is 19.6. The third-order valence-corrected chi connectivity index (χ3v) is 7.21. The van der Waals surface area contributed by atoms with Gasteiger partial charge in [0.2, 0.25) is 0 Å². The summed E-state index contributed by atoms with van der Waals surface area (Å²) in [6, 6.07) is 28.3.